The fourth-order valence-corrected chi connectivity index (χ4v) is 4.19. The zero-order valence-electron chi connectivity index (χ0n) is 16.2. The summed E-state index contributed by atoms with van der Waals surface area (Å²) in [4.78, 5) is 16.9. The number of nitrogens with zero attached hydrogens (tertiary/aromatic N) is 2. The Morgan fingerprint density at radius 2 is 1.81 bits per heavy atom. The van der Waals surface area contributed by atoms with Crippen LogP contribution in [0.4, 0.5) is 0 Å². The number of rotatable bonds is 7. The molecule has 144 valence electrons. The molecule has 1 aromatic rings. The van der Waals surface area contributed by atoms with Crippen molar-refractivity contribution in [3.8, 4) is 11.5 Å². The number of amides is 1. The van der Waals surface area contributed by atoms with E-state index in [9.17, 15) is 4.79 Å². The molecule has 0 unspecified atom stereocenters. The van der Waals surface area contributed by atoms with E-state index in [4.69, 9.17) is 9.47 Å². The van der Waals surface area contributed by atoms with E-state index < -0.39 is 0 Å². The minimum absolute atomic E-state index is 0.343. The van der Waals surface area contributed by atoms with Crippen molar-refractivity contribution in [2.24, 2.45) is 5.92 Å². The van der Waals surface area contributed by atoms with Crippen molar-refractivity contribution in [2.75, 3.05) is 40.4 Å². The van der Waals surface area contributed by atoms with Gasteiger partial charge in [0.2, 0.25) is 5.91 Å². The summed E-state index contributed by atoms with van der Waals surface area (Å²) in [6.07, 6.45) is 7.16. The van der Waals surface area contributed by atoms with Crippen molar-refractivity contribution in [3.63, 3.8) is 0 Å². The van der Waals surface area contributed by atoms with Gasteiger partial charge < -0.3 is 14.4 Å². The second-order valence-corrected chi connectivity index (χ2v) is 7.52. The number of hydrogen-bond donors (Lipinski definition) is 0. The molecule has 26 heavy (non-hydrogen) atoms. The minimum atomic E-state index is 0.343. The Morgan fingerprint density at radius 1 is 1.08 bits per heavy atom. The Balaban J connectivity index is 1.46. The van der Waals surface area contributed by atoms with E-state index in [0.717, 1.165) is 68.5 Å². The topological polar surface area (TPSA) is 42.0 Å². The standard InChI is InChI=1S/C21H32N2O3/c1-25-19-8-9-20(26-2)18(15-19)16-22-11-13-23(14-12-22)21(24)10-7-17-5-3-4-6-17/h8-9,15,17H,3-7,10-14,16H2,1-2H3. The van der Waals surface area contributed by atoms with E-state index in [0.29, 0.717) is 5.91 Å². The SMILES string of the molecule is COc1ccc(OC)c(CN2CCN(C(=O)CCC3CCCC3)CC2)c1. The molecule has 2 aliphatic rings. The molecule has 2 fully saturated rings. The molecule has 0 bridgehead atoms. The maximum Gasteiger partial charge on any atom is 0.222 e. The molecule has 0 aromatic heterocycles. The summed E-state index contributed by atoms with van der Waals surface area (Å²) in [6.45, 7) is 4.31. The molecule has 5 heteroatoms. The molecule has 1 heterocycles. The van der Waals surface area contributed by atoms with Crippen LogP contribution in [0, 0.1) is 5.92 Å². The van der Waals surface area contributed by atoms with Crippen LogP contribution in [-0.2, 0) is 11.3 Å². The first-order valence-corrected chi connectivity index (χ1v) is 9.90. The summed E-state index contributed by atoms with van der Waals surface area (Å²) in [5, 5.41) is 0. The molecule has 0 atom stereocenters. The van der Waals surface area contributed by atoms with Crippen LogP contribution in [0.15, 0.2) is 18.2 Å². The molecule has 0 N–H and O–H groups in total. The van der Waals surface area contributed by atoms with Crippen LogP contribution in [0.2, 0.25) is 0 Å². The summed E-state index contributed by atoms with van der Waals surface area (Å²) < 4.78 is 10.8. The maximum absolute atomic E-state index is 12.5. The van der Waals surface area contributed by atoms with Gasteiger partial charge in [-0.2, -0.15) is 0 Å². The molecule has 1 aliphatic carbocycles. The monoisotopic (exact) mass is 360 g/mol. The number of carbonyl (C=O) groups is 1. The highest BCUT2D eigenvalue weighted by molar-refractivity contribution is 5.76. The first-order valence-electron chi connectivity index (χ1n) is 9.90. The summed E-state index contributed by atoms with van der Waals surface area (Å²) >= 11 is 0. The quantitative estimate of drug-likeness (QED) is 0.748. The normalized spacial score (nSPS) is 18.9. The van der Waals surface area contributed by atoms with Crippen LogP contribution < -0.4 is 9.47 Å². The lowest BCUT2D eigenvalue weighted by Crippen LogP contribution is -2.48. The second-order valence-electron chi connectivity index (χ2n) is 7.52. The third-order valence-electron chi connectivity index (χ3n) is 5.85. The van der Waals surface area contributed by atoms with Crippen molar-refractivity contribution >= 4 is 5.91 Å². The molecule has 0 radical (unpaired) electrons. The lowest BCUT2D eigenvalue weighted by molar-refractivity contribution is -0.133. The van der Waals surface area contributed by atoms with Crippen LogP contribution in [0.5, 0.6) is 11.5 Å². The molecule has 1 saturated heterocycles. The molecule has 0 spiro atoms. The number of piperazine rings is 1. The molecule has 1 aromatic carbocycles. The van der Waals surface area contributed by atoms with Crippen molar-refractivity contribution in [1.82, 2.24) is 9.80 Å². The highest BCUT2D eigenvalue weighted by Crippen LogP contribution is 2.29. The molecular formula is C21H32N2O3. The second kappa shape index (κ2) is 9.26. The fourth-order valence-electron chi connectivity index (χ4n) is 4.19. The van der Waals surface area contributed by atoms with Crippen LogP contribution in [0.3, 0.4) is 0 Å². The first-order chi connectivity index (χ1) is 12.7. The van der Waals surface area contributed by atoms with E-state index in [2.05, 4.69) is 4.90 Å². The number of carbonyl (C=O) groups excluding carboxylic acids is 1. The number of benzene rings is 1. The maximum atomic E-state index is 12.5. The van der Waals surface area contributed by atoms with Gasteiger partial charge in [0, 0.05) is 44.7 Å². The predicted molar refractivity (Wildman–Crippen MR) is 103 cm³/mol. The van der Waals surface area contributed by atoms with E-state index >= 15 is 0 Å². The average molecular weight is 360 g/mol. The van der Waals surface area contributed by atoms with Crippen molar-refractivity contribution in [3.05, 3.63) is 23.8 Å². The Hall–Kier alpha value is -1.75. The van der Waals surface area contributed by atoms with Gasteiger partial charge in [0.1, 0.15) is 11.5 Å². The third-order valence-corrected chi connectivity index (χ3v) is 5.85. The van der Waals surface area contributed by atoms with Crippen LogP contribution in [0.1, 0.15) is 44.1 Å². The van der Waals surface area contributed by atoms with Crippen LogP contribution >= 0.6 is 0 Å². The molecule has 5 nitrogen and oxygen atoms in total. The van der Waals surface area contributed by atoms with Crippen LogP contribution in [-0.4, -0.2) is 56.1 Å². The van der Waals surface area contributed by atoms with E-state index in [-0.39, 0.29) is 0 Å². The van der Waals surface area contributed by atoms with E-state index in [1.807, 2.05) is 23.1 Å². The van der Waals surface area contributed by atoms with Gasteiger partial charge in [0.05, 0.1) is 14.2 Å². The summed E-state index contributed by atoms with van der Waals surface area (Å²) in [5.74, 6) is 2.87. The van der Waals surface area contributed by atoms with Crippen molar-refractivity contribution in [2.45, 2.75) is 45.1 Å². The molecule has 1 aliphatic heterocycles. The fraction of sp³-hybridized carbons (Fsp3) is 0.667. The van der Waals surface area contributed by atoms with Gasteiger partial charge >= 0.3 is 0 Å². The van der Waals surface area contributed by atoms with Gasteiger partial charge in [-0.1, -0.05) is 25.7 Å². The Morgan fingerprint density at radius 3 is 2.46 bits per heavy atom. The smallest absolute Gasteiger partial charge is 0.222 e. The lowest BCUT2D eigenvalue weighted by atomic mass is 10.0. The molecule has 1 amide bonds. The zero-order chi connectivity index (χ0) is 18.4. The summed E-state index contributed by atoms with van der Waals surface area (Å²) in [5.41, 5.74) is 1.13. The molecule has 3 rings (SSSR count). The number of hydrogen-bond acceptors (Lipinski definition) is 4. The molecule has 1 saturated carbocycles. The van der Waals surface area contributed by atoms with E-state index in [1.165, 1.54) is 25.7 Å². The van der Waals surface area contributed by atoms with Gasteiger partial charge in [-0.25, -0.2) is 0 Å². The van der Waals surface area contributed by atoms with Crippen LogP contribution in [0.25, 0.3) is 0 Å². The highest BCUT2D eigenvalue weighted by Gasteiger charge is 2.23. The van der Waals surface area contributed by atoms with Crippen molar-refractivity contribution < 1.29 is 14.3 Å². The third kappa shape index (κ3) is 4.91. The largest absolute Gasteiger partial charge is 0.497 e. The Kier molecular flexibility index (Phi) is 6.78. The minimum Gasteiger partial charge on any atom is -0.497 e. The van der Waals surface area contributed by atoms with Gasteiger partial charge in [0.15, 0.2) is 0 Å². The van der Waals surface area contributed by atoms with Crippen molar-refractivity contribution in [1.29, 1.82) is 0 Å². The Labute approximate surface area is 157 Å². The number of ether oxygens (including phenoxy) is 2. The van der Waals surface area contributed by atoms with Gasteiger partial charge in [-0.15, -0.1) is 0 Å². The highest BCUT2D eigenvalue weighted by atomic mass is 16.5. The van der Waals surface area contributed by atoms with Gasteiger partial charge in [-0.05, 0) is 30.5 Å². The molecular weight excluding hydrogens is 328 g/mol. The van der Waals surface area contributed by atoms with Gasteiger partial charge in [0.25, 0.3) is 0 Å². The van der Waals surface area contributed by atoms with Gasteiger partial charge in [-0.3, -0.25) is 9.69 Å². The lowest BCUT2D eigenvalue weighted by Gasteiger charge is -2.35. The number of methoxy groups -OCH3 is 2. The Bertz CT molecular complexity index is 591. The predicted octanol–water partition coefficient (Wildman–Crippen LogP) is 3.32. The summed E-state index contributed by atoms with van der Waals surface area (Å²) in [6, 6.07) is 5.91. The van der Waals surface area contributed by atoms with E-state index in [1.54, 1.807) is 14.2 Å². The zero-order valence-corrected chi connectivity index (χ0v) is 16.2. The first kappa shape index (κ1) is 19.0. The summed E-state index contributed by atoms with van der Waals surface area (Å²) in [7, 11) is 3.38. The average Bonchev–Trinajstić information content (AvgIpc) is 3.20.